The molecular formula is C15H28F3N3O2. The Morgan fingerprint density at radius 3 is 2.43 bits per heavy atom. The van der Waals surface area contributed by atoms with Gasteiger partial charge in [-0.2, -0.15) is 13.2 Å². The van der Waals surface area contributed by atoms with E-state index in [0.29, 0.717) is 32.5 Å². The van der Waals surface area contributed by atoms with Gasteiger partial charge in [-0.3, -0.25) is 4.90 Å². The van der Waals surface area contributed by atoms with E-state index in [1.165, 1.54) is 4.90 Å². The number of ether oxygens (including phenoxy) is 1. The van der Waals surface area contributed by atoms with E-state index in [-0.39, 0.29) is 24.2 Å². The average Bonchev–Trinajstić information content (AvgIpc) is 2.61. The van der Waals surface area contributed by atoms with Crippen molar-refractivity contribution in [1.29, 1.82) is 0 Å². The normalized spacial score (nSPS) is 19.3. The molecule has 1 atom stereocenters. The molecule has 23 heavy (non-hydrogen) atoms. The molecule has 0 bridgehead atoms. The number of nitrogens with zero attached hydrogens (tertiary/aromatic N) is 2. The second kappa shape index (κ2) is 8.19. The maximum absolute atomic E-state index is 12.4. The number of carbonyl (C=O) groups is 1. The van der Waals surface area contributed by atoms with Crippen molar-refractivity contribution in [2.75, 3.05) is 39.8 Å². The smallest absolute Gasteiger partial charge is 0.379 e. The van der Waals surface area contributed by atoms with Gasteiger partial charge in [0.05, 0.1) is 12.1 Å². The van der Waals surface area contributed by atoms with Crippen LogP contribution in [0, 0.1) is 0 Å². The summed E-state index contributed by atoms with van der Waals surface area (Å²) in [6.45, 7) is 6.24. The van der Waals surface area contributed by atoms with Crippen molar-refractivity contribution >= 4 is 6.03 Å². The van der Waals surface area contributed by atoms with Crippen molar-refractivity contribution in [3.05, 3.63) is 0 Å². The van der Waals surface area contributed by atoms with Gasteiger partial charge in [-0.1, -0.05) is 0 Å². The lowest BCUT2D eigenvalue weighted by Crippen LogP contribution is -2.47. The Morgan fingerprint density at radius 1 is 1.22 bits per heavy atom. The zero-order valence-corrected chi connectivity index (χ0v) is 14.4. The molecule has 0 aromatic carbocycles. The molecule has 1 aliphatic heterocycles. The Morgan fingerprint density at radius 2 is 1.87 bits per heavy atom. The minimum Gasteiger partial charge on any atom is -0.379 e. The Bertz CT molecular complexity index is 389. The second-order valence-corrected chi connectivity index (χ2v) is 6.75. The molecule has 1 rings (SSSR count). The highest BCUT2D eigenvalue weighted by molar-refractivity contribution is 5.74. The molecule has 1 heterocycles. The van der Waals surface area contributed by atoms with Crippen LogP contribution >= 0.6 is 0 Å². The third-order valence-corrected chi connectivity index (χ3v) is 4.00. The van der Waals surface area contributed by atoms with Crippen LogP contribution in [0.4, 0.5) is 18.0 Å². The van der Waals surface area contributed by atoms with Crippen molar-refractivity contribution in [3.8, 4) is 0 Å². The van der Waals surface area contributed by atoms with E-state index in [1.807, 2.05) is 20.8 Å². The van der Waals surface area contributed by atoms with E-state index in [2.05, 4.69) is 5.32 Å². The summed E-state index contributed by atoms with van der Waals surface area (Å²) < 4.78 is 42.7. The zero-order chi connectivity index (χ0) is 17.7. The number of hydrogen-bond acceptors (Lipinski definition) is 3. The SMILES string of the molecule is COC(C)(C)C[C@H](C)NC(=O)N1CCCN(CC(F)(F)F)CC1. The monoisotopic (exact) mass is 339 g/mol. The van der Waals surface area contributed by atoms with Gasteiger partial charge < -0.3 is 15.0 Å². The van der Waals surface area contributed by atoms with E-state index < -0.39 is 12.7 Å². The van der Waals surface area contributed by atoms with Gasteiger partial charge in [0.25, 0.3) is 0 Å². The molecule has 0 unspecified atom stereocenters. The van der Waals surface area contributed by atoms with Gasteiger partial charge in [0.2, 0.25) is 0 Å². The molecule has 136 valence electrons. The topological polar surface area (TPSA) is 44.8 Å². The minimum absolute atomic E-state index is 0.0769. The number of carbonyl (C=O) groups excluding carboxylic acids is 1. The molecule has 0 aromatic heterocycles. The summed E-state index contributed by atoms with van der Waals surface area (Å²) in [6.07, 6.45) is -3.00. The van der Waals surface area contributed by atoms with E-state index in [9.17, 15) is 18.0 Å². The number of alkyl halides is 3. The maximum atomic E-state index is 12.4. The van der Waals surface area contributed by atoms with Crippen molar-refractivity contribution in [1.82, 2.24) is 15.1 Å². The predicted molar refractivity (Wildman–Crippen MR) is 82.4 cm³/mol. The number of halogens is 3. The third-order valence-electron chi connectivity index (χ3n) is 4.00. The van der Waals surface area contributed by atoms with Gasteiger partial charge in [-0.25, -0.2) is 4.79 Å². The van der Waals surface area contributed by atoms with Crippen molar-refractivity contribution in [2.45, 2.75) is 51.4 Å². The van der Waals surface area contributed by atoms with Gasteiger partial charge in [0.1, 0.15) is 0 Å². The van der Waals surface area contributed by atoms with Crippen LogP contribution < -0.4 is 5.32 Å². The Hall–Kier alpha value is -1.02. The molecule has 8 heteroatoms. The van der Waals surface area contributed by atoms with Crippen molar-refractivity contribution in [2.24, 2.45) is 0 Å². The van der Waals surface area contributed by atoms with Gasteiger partial charge >= 0.3 is 12.2 Å². The highest BCUT2D eigenvalue weighted by Gasteiger charge is 2.32. The van der Waals surface area contributed by atoms with Crippen LogP contribution in [0.2, 0.25) is 0 Å². The molecule has 0 aliphatic carbocycles. The molecular weight excluding hydrogens is 311 g/mol. The molecule has 0 radical (unpaired) electrons. The molecule has 2 amide bonds. The molecule has 0 spiro atoms. The number of amides is 2. The molecule has 1 saturated heterocycles. The summed E-state index contributed by atoms with van der Waals surface area (Å²) >= 11 is 0. The van der Waals surface area contributed by atoms with Gasteiger partial charge in [-0.05, 0) is 33.6 Å². The summed E-state index contributed by atoms with van der Waals surface area (Å²) in [4.78, 5) is 15.2. The third kappa shape index (κ3) is 7.87. The lowest BCUT2D eigenvalue weighted by atomic mass is 10.00. The Labute approximate surface area is 136 Å². The highest BCUT2D eigenvalue weighted by atomic mass is 19.4. The van der Waals surface area contributed by atoms with Gasteiger partial charge in [-0.15, -0.1) is 0 Å². The fourth-order valence-electron chi connectivity index (χ4n) is 2.76. The molecule has 1 N–H and O–H groups in total. The Balaban J connectivity index is 2.45. The number of nitrogens with one attached hydrogen (secondary N) is 1. The molecule has 1 fully saturated rings. The fraction of sp³-hybridized carbons (Fsp3) is 0.933. The summed E-state index contributed by atoms with van der Waals surface area (Å²) in [5.74, 6) is 0. The minimum atomic E-state index is -4.20. The lowest BCUT2D eigenvalue weighted by molar-refractivity contribution is -0.145. The highest BCUT2D eigenvalue weighted by Crippen LogP contribution is 2.18. The van der Waals surface area contributed by atoms with Gasteiger partial charge in [0, 0.05) is 39.3 Å². The van der Waals surface area contributed by atoms with E-state index in [4.69, 9.17) is 4.74 Å². The summed E-state index contributed by atoms with van der Waals surface area (Å²) in [5, 5.41) is 2.90. The number of urea groups is 1. The van der Waals surface area contributed by atoms with Crippen molar-refractivity contribution < 1.29 is 22.7 Å². The molecule has 1 aliphatic rings. The number of methoxy groups -OCH3 is 1. The van der Waals surface area contributed by atoms with Crippen LogP contribution in [0.15, 0.2) is 0 Å². The van der Waals surface area contributed by atoms with Crippen LogP contribution in [0.5, 0.6) is 0 Å². The summed E-state index contributed by atoms with van der Waals surface area (Å²) in [7, 11) is 1.62. The van der Waals surface area contributed by atoms with Crippen molar-refractivity contribution in [3.63, 3.8) is 0 Å². The second-order valence-electron chi connectivity index (χ2n) is 6.75. The van der Waals surface area contributed by atoms with Crippen LogP contribution in [-0.2, 0) is 4.74 Å². The molecule has 0 aromatic rings. The van der Waals surface area contributed by atoms with Crippen LogP contribution in [0.1, 0.15) is 33.6 Å². The van der Waals surface area contributed by atoms with Gasteiger partial charge in [0.15, 0.2) is 0 Å². The van der Waals surface area contributed by atoms with Crippen LogP contribution in [-0.4, -0.2) is 73.5 Å². The first-order valence-corrected chi connectivity index (χ1v) is 7.92. The lowest BCUT2D eigenvalue weighted by Gasteiger charge is -2.29. The van der Waals surface area contributed by atoms with Crippen LogP contribution in [0.3, 0.4) is 0 Å². The quantitative estimate of drug-likeness (QED) is 0.837. The number of rotatable bonds is 5. The first kappa shape index (κ1) is 20.0. The van der Waals surface area contributed by atoms with E-state index in [1.54, 1.807) is 12.0 Å². The zero-order valence-electron chi connectivity index (χ0n) is 14.4. The fourth-order valence-corrected chi connectivity index (χ4v) is 2.76. The maximum Gasteiger partial charge on any atom is 0.401 e. The van der Waals surface area contributed by atoms with E-state index >= 15 is 0 Å². The average molecular weight is 339 g/mol. The Kier molecular flexibility index (Phi) is 7.13. The summed E-state index contributed by atoms with van der Waals surface area (Å²) in [5.41, 5.74) is -0.338. The first-order valence-electron chi connectivity index (χ1n) is 7.92. The summed E-state index contributed by atoms with van der Waals surface area (Å²) in [6, 6.07) is -0.301. The first-order chi connectivity index (χ1) is 10.5. The predicted octanol–water partition coefficient (Wildman–Crippen LogP) is 2.47. The molecule has 0 saturated carbocycles. The standard InChI is InChI=1S/C15H28F3N3O2/c1-12(10-14(2,3)23-4)19-13(22)21-7-5-6-20(8-9-21)11-15(16,17)18/h12H,5-11H2,1-4H3,(H,19,22)/t12-/m0/s1. The molecule has 5 nitrogen and oxygen atoms in total. The van der Waals surface area contributed by atoms with E-state index in [0.717, 1.165) is 0 Å². The largest absolute Gasteiger partial charge is 0.401 e. The number of hydrogen-bond donors (Lipinski definition) is 1. The van der Waals surface area contributed by atoms with Crippen LogP contribution in [0.25, 0.3) is 0 Å².